The maximum absolute atomic E-state index is 12.5. The molecule has 0 aliphatic carbocycles. The van der Waals surface area contributed by atoms with E-state index in [2.05, 4.69) is 20.7 Å². The molecule has 2 aliphatic heterocycles. The number of halogens is 1. The van der Waals surface area contributed by atoms with E-state index in [0.717, 1.165) is 25.7 Å². The van der Waals surface area contributed by atoms with E-state index in [1.165, 1.54) is 29.5 Å². The molecule has 4 rings (SSSR count). The third-order valence-electron chi connectivity index (χ3n) is 4.91. The Kier molecular flexibility index (Phi) is 5.19. The first-order chi connectivity index (χ1) is 12.1. The first-order valence-electron chi connectivity index (χ1n) is 8.30. The molecule has 138 valence electrons. The lowest BCUT2D eigenvalue weighted by molar-refractivity contribution is -0.384. The smallest absolute Gasteiger partial charge is 0.295 e. The summed E-state index contributed by atoms with van der Waals surface area (Å²) in [5, 5.41) is 21.8. The highest BCUT2D eigenvalue weighted by Gasteiger charge is 2.34. The number of hydrogen-bond donors (Lipinski definition) is 2. The van der Waals surface area contributed by atoms with Crippen LogP contribution in [0.25, 0.3) is 5.69 Å². The average molecular weight is 379 g/mol. The number of carbonyl (C=O) groups is 1. The highest BCUT2D eigenvalue weighted by atomic mass is 35.5. The number of carbonyl (C=O) groups excluding carboxylic acids is 1. The summed E-state index contributed by atoms with van der Waals surface area (Å²) in [6, 6.07) is 5.44. The molecule has 0 saturated carbocycles. The molecule has 0 radical (unpaired) electrons. The number of hydrogen-bond acceptors (Lipinski definition) is 6. The summed E-state index contributed by atoms with van der Waals surface area (Å²) < 4.78 is 1.31. The summed E-state index contributed by atoms with van der Waals surface area (Å²) in [5.41, 5.74) is 0.379. The Bertz CT molecular complexity index is 800. The van der Waals surface area contributed by atoms with Crippen LogP contribution in [0.15, 0.2) is 30.9 Å². The van der Waals surface area contributed by atoms with Crippen molar-refractivity contribution in [1.29, 1.82) is 0 Å². The van der Waals surface area contributed by atoms with Gasteiger partial charge in [0.1, 0.15) is 18.3 Å². The van der Waals surface area contributed by atoms with Crippen LogP contribution in [0.1, 0.15) is 36.0 Å². The number of amides is 1. The molecule has 2 N–H and O–H groups in total. The minimum absolute atomic E-state index is 0. The Labute approximate surface area is 155 Å². The van der Waals surface area contributed by atoms with E-state index in [1.807, 2.05) is 0 Å². The van der Waals surface area contributed by atoms with Gasteiger partial charge in [-0.1, -0.05) is 0 Å². The molecule has 2 unspecified atom stereocenters. The third-order valence-corrected chi connectivity index (χ3v) is 4.91. The van der Waals surface area contributed by atoms with Crippen LogP contribution in [-0.4, -0.2) is 43.7 Å². The van der Waals surface area contributed by atoms with E-state index < -0.39 is 4.92 Å². The predicted molar refractivity (Wildman–Crippen MR) is 95.7 cm³/mol. The lowest BCUT2D eigenvalue weighted by Gasteiger charge is -2.29. The lowest BCUT2D eigenvalue weighted by atomic mass is 9.99. The van der Waals surface area contributed by atoms with Gasteiger partial charge >= 0.3 is 0 Å². The summed E-state index contributed by atoms with van der Waals surface area (Å²) in [7, 11) is 0. The highest BCUT2D eigenvalue weighted by Crippen LogP contribution is 2.27. The Morgan fingerprint density at radius 3 is 2.65 bits per heavy atom. The Morgan fingerprint density at radius 1 is 1.31 bits per heavy atom. The number of piperidine rings is 1. The first kappa shape index (κ1) is 18.3. The molecule has 1 aromatic heterocycles. The minimum atomic E-state index is -0.515. The predicted octanol–water partition coefficient (Wildman–Crippen LogP) is 1.61. The number of fused-ring (bicyclic) bond motifs is 2. The maximum Gasteiger partial charge on any atom is 0.295 e. The van der Waals surface area contributed by atoms with Crippen molar-refractivity contribution in [2.75, 3.05) is 0 Å². The Hall–Kier alpha value is -2.52. The number of aromatic nitrogens is 3. The zero-order valence-corrected chi connectivity index (χ0v) is 14.7. The van der Waals surface area contributed by atoms with Crippen LogP contribution < -0.4 is 10.6 Å². The van der Waals surface area contributed by atoms with E-state index in [1.54, 1.807) is 6.07 Å². The van der Waals surface area contributed by atoms with Crippen molar-refractivity contribution in [3.05, 3.63) is 46.5 Å². The molecule has 1 amide bonds. The fraction of sp³-hybridized carbons (Fsp3) is 0.438. The lowest BCUT2D eigenvalue weighted by Crippen LogP contribution is -2.48. The van der Waals surface area contributed by atoms with Crippen molar-refractivity contribution < 1.29 is 9.72 Å². The van der Waals surface area contributed by atoms with Crippen LogP contribution in [0.2, 0.25) is 0 Å². The van der Waals surface area contributed by atoms with E-state index >= 15 is 0 Å². The van der Waals surface area contributed by atoms with Gasteiger partial charge in [-0.15, -0.1) is 12.4 Å². The van der Waals surface area contributed by atoms with Crippen LogP contribution in [0.4, 0.5) is 5.69 Å². The van der Waals surface area contributed by atoms with Gasteiger partial charge in [0.2, 0.25) is 0 Å². The van der Waals surface area contributed by atoms with Crippen LogP contribution in [0, 0.1) is 10.1 Å². The second kappa shape index (κ2) is 7.38. The second-order valence-corrected chi connectivity index (χ2v) is 6.58. The molecule has 2 saturated heterocycles. The van der Waals surface area contributed by atoms with Gasteiger partial charge in [0.25, 0.3) is 11.6 Å². The number of nitro benzene ring substituents is 1. The second-order valence-electron chi connectivity index (χ2n) is 6.58. The molecule has 2 atom stereocenters. The average Bonchev–Trinajstić information content (AvgIpc) is 3.24. The summed E-state index contributed by atoms with van der Waals surface area (Å²) >= 11 is 0. The monoisotopic (exact) mass is 378 g/mol. The van der Waals surface area contributed by atoms with E-state index in [9.17, 15) is 14.9 Å². The number of nitrogens with zero attached hydrogens (tertiary/aromatic N) is 4. The van der Waals surface area contributed by atoms with Crippen molar-refractivity contribution >= 4 is 24.0 Å². The normalized spacial score (nSPS) is 23.9. The fourth-order valence-corrected chi connectivity index (χ4v) is 3.78. The molecule has 3 heterocycles. The zero-order valence-electron chi connectivity index (χ0n) is 13.9. The van der Waals surface area contributed by atoms with E-state index in [-0.39, 0.29) is 41.3 Å². The third kappa shape index (κ3) is 3.54. The van der Waals surface area contributed by atoms with Crippen LogP contribution in [0.5, 0.6) is 0 Å². The van der Waals surface area contributed by atoms with Crippen molar-refractivity contribution in [1.82, 2.24) is 25.4 Å². The van der Waals surface area contributed by atoms with Crippen molar-refractivity contribution in [3.8, 4) is 5.69 Å². The van der Waals surface area contributed by atoms with Crippen molar-refractivity contribution in [2.45, 2.75) is 43.8 Å². The molecule has 2 bridgehead atoms. The van der Waals surface area contributed by atoms with E-state index in [0.29, 0.717) is 12.1 Å². The standard InChI is InChI=1S/C16H18N6O3.ClH/c23-16(20-13-6-11-2-3-12(7-13)19-11)10-1-4-14(15(5-10)22(24)25)21-9-17-8-18-21;/h1,4-5,8-9,11-13,19H,2-3,6-7H2,(H,20,23);1H. The quantitative estimate of drug-likeness (QED) is 0.617. The molecule has 10 heteroatoms. The van der Waals surface area contributed by atoms with Crippen LogP contribution in [-0.2, 0) is 0 Å². The molecule has 9 nitrogen and oxygen atoms in total. The van der Waals surface area contributed by atoms with Gasteiger partial charge < -0.3 is 10.6 Å². The molecule has 2 fully saturated rings. The molecule has 1 aromatic carbocycles. The fourth-order valence-electron chi connectivity index (χ4n) is 3.78. The topological polar surface area (TPSA) is 115 Å². The molecule has 2 aromatic rings. The van der Waals surface area contributed by atoms with E-state index in [4.69, 9.17) is 0 Å². The molecular weight excluding hydrogens is 360 g/mol. The van der Waals surface area contributed by atoms with Gasteiger partial charge in [0, 0.05) is 29.8 Å². The van der Waals surface area contributed by atoms with Gasteiger partial charge in [-0.3, -0.25) is 14.9 Å². The van der Waals surface area contributed by atoms with Gasteiger partial charge in [-0.2, -0.15) is 5.10 Å². The van der Waals surface area contributed by atoms with Gasteiger partial charge in [-0.25, -0.2) is 9.67 Å². The summed E-state index contributed by atoms with van der Waals surface area (Å²) in [5.74, 6) is -0.278. The number of nitro groups is 1. The Morgan fingerprint density at radius 2 is 2.04 bits per heavy atom. The SMILES string of the molecule is Cl.O=C(NC1CC2CCC(C1)N2)c1ccc(-n2cncn2)c([N+](=O)[O-])c1. The van der Waals surface area contributed by atoms with Gasteiger partial charge in [0.05, 0.1) is 4.92 Å². The van der Waals surface area contributed by atoms with Crippen LogP contribution >= 0.6 is 12.4 Å². The molecular formula is C16H19ClN6O3. The summed E-state index contributed by atoms with van der Waals surface area (Å²) in [6.07, 6.45) is 6.79. The van der Waals surface area contributed by atoms with Gasteiger partial charge in [0.15, 0.2) is 0 Å². The number of nitrogens with one attached hydrogen (secondary N) is 2. The summed E-state index contributed by atoms with van der Waals surface area (Å²) in [4.78, 5) is 27.2. The highest BCUT2D eigenvalue weighted by molar-refractivity contribution is 5.95. The van der Waals surface area contributed by atoms with Crippen molar-refractivity contribution in [2.24, 2.45) is 0 Å². The maximum atomic E-state index is 12.5. The number of benzene rings is 1. The Balaban J connectivity index is 0.00000196. The molecule has 2 aliphatic rings. The first-order valence-corrected chi connectivity index (χ1v) is 8.30. The number of rotatable bonds is 4. The van der Waals surface area contributed by atoms with Gasteiger partial charge in [-0.05, 0) is 37.8 Å². The largest absolute Gasteiger partial charge is 0.349 e. The van der Waals surface area contributed by atoms with Crippen LogP contribution in [0.3, 0.4) is 0 Å². The van der Waals surface area contributed by atoms with Crippen molar-refractivity contribution in [3.63, 3.8) is 0 Å². The molecule has 26 heavy (non-hydrogen) atoms. The summed E-state index contributed by atoms with van der Waals surface area (Å²) in [6.45, 7) is 0. The minimum Gasteiger partial charge on any atom is -0.349 e. The zero-order chi connectivity index (χ0) is 17.4. The molecule has 0 spiro atoms.